The topological polar surface area (TPSA) is 89.1 Å². The van der Waals surface area contributed by atoms with E-state index in [0.29, 0.717) is 22.5 Å². The number of hydrogen-bond donors (Lipinski definition) is 2. The fraction of sp³-hybridized carbons (Fsp3) is 0.316. The molecule has 2 N–H and O–H groups in total. The minimum Gasteiger partial charge on any atom is -0.480 e. The third-order valence-corrected chi connectivity index (χ3v) is 3.70. The molecule has 7 nitrogen and oxygen atoms in total. The maximum Gasteiger partial charge on any atom is 0.407 e. The van der Waals surface area contributed by atoms with Gasteiger partial charge in [-0.05, 0) is 39.0 Å². The summed E-state index contributed by atoms with van der Waals surface area (Å²) in [4.78, 5) is 23.2. The van der Waals surface area contributed by atoms with Crippen LogP contribution in [0.2, 0.25) is 0 Å². The van der Waals surface area contributed by atoms with Gasteiger partial charge in [0.05, 0.1) is 31.7 Å². The molecule has 8 heteroatoms. The van der Waals surface area contributed by atoms with Crippen LogP contribution in [-0.2, 0) is 11.3 Å². The van der Waals surface area contributed by atoms with Crippen molar-refractivity contribution < 1.29 is 18.7 Å². The number of benzene rings is 1. The van der Waals surface area contributed by atoms with Gasteiger partial charge in [0.2, 0.25) is 5.88 Å². The predicted octanol–water partition coefficient (Wildman–Crippen LogP) is 3.80. The number of aromatic amines is 1. The van der Waals surface area contributed by atoms with Gasteiger partial charge in [0.1, 0.15) is 11.4 Å². The molecular formula is C19H21FN4O3. The lowest BCUT2D eigenvalue weighted by Gasteiger charge is -2.19. The van der Waals surface area contributed by atoms with Crippen molar-refractivity contribution in [2.24, 2.45) is 0 Å². The summed E-state index contributed by atoms with van der Waals surface area (Å²) in [5.41, 5.74) is 1.62. The smallest absolute Gasteiger partial charge is 0.407 e. The average molecular weight is 372 g/mol. The van der Waals surface area contributed by atoms with Crippen molar-refractivity contribution in [2.45, 2.75) is 32.9 Å². The molecule has 0 saturated heterocycles. The Kier molecular flexibility index (Phi) is 4.98. The molecular weight excluding hydrogens is 351 g/mol. The Morgan fingerprint density at radius 3 is 2.63 bits per heavy atom. The standard InChI is InChI=1S/C19H21FN4O3/c1-19(2,3)27-18(25)23-8-12-5-11-6-14(20)13(7-15(11)24-12)16-9-22-17(26-4)10-21-16/h5-7,9-10,24H,8H2,1-4H3,(H,23,25). The van der Waals surface area contributed by atoms with Gasteiger partial charge >= 0.3 is 6.09 Å². The molecule has 1 amide bonds. The second-order valence-electron chi connectivity index (χ2n) is 7.01. The molecule has 0 bridgehead atoms. The number of halogens is 1. The van der Waals surface area contributed by atoms with Crippen molar-refractivity contribution in [1.82, 2.24) is 20.3 Å². The van der Waals surface area contributed by atoms with Crippen molar-refractivity contribution in [3.05, 3.63) is 42.1 Å². The highest BCUT2D eigenvalue weighted by Crippen LogP contribution is 2.27. The molecule has 0 fully saturated rings. The van der Waals surface area contributed by atoms with Crippen molar-refractivity contribution in [3.8, 4) is 17.1 Å². The van der Waals surface area contributed by atoms with E-state index in [-0.39, 0.29) is 6.54 Å². The zero-order valence-corrected chi connectivity index (χ0v) is 15.6. The van der Waals surface area contributed by atoms with Crippen LogP contribution in [0.4, 0.5) is 9.18 Å². The summed E-state index contributed by atoms with van der Waals surface area (Å²) in [6, 6.07) is 4.86. The van der Waals surface area contributed by atoms with E-state index >= 15 is 0 Å². The van der Waals surface area contributed by atoms with E-state index in [0.717, 1.165) is 11.2 Å². The molecule has 0 aliphatic rings. The number of alkyl carbamates (subject to hydrolysis) is 1. The van der Waals surface area contributed by atoms with Crippen molar-refractivity contribution in [2.75, 3.05) is 7.11 Å². The molecule has 0 radical (unpaired) electrons. The van der Waals surface area contributed by atoms with E-state index in [1.54, 1.807) is 32.9 Å². The molecule has 0 atom stereocenters. The largest absolute Gasteiger partial charge is 0.480 e. The summed E-state index contributed by atoms with van der Waals surface area (Å²) in [7, 11) is 1.49. The van der Waals surface area contributed by atoms with Crippen LogP contribution in [0.1, 0.15) is 26.5 Å². The molecule has 3 aromatic rings. The number of nitrogens with zero attached hydrogens (tertiary/aromatic N) is 2. The molecule has 1 aromatic carbocycles. The predicted molar refractivity (Wildman–Crippen MR) is 98.9 cm³/mol. The lowest BCUT2D eigenvalue weighted by Crippen LogP contribution is -2.32. The van der Waals surface area contributed by atoms with Crippen LogP contribution in [0.5, 0.6) is 5.88 Å². The van der Waals surface area contributed by atoms with E-state index < -0.39 is 17.5 Å². The quantitative estimate of drug-likeness (QED) is 0.727. The minimum atomic E-state index is -0.567. The Labute approximate surface area is 155 Å². The van der Waals surface area contributed by atoms with Crippen molar-refractivity contribution in [3.63, 3.8) is 0 Å². The highest BCUT2D eigenvalue weighted by atomic mass is 19.1. The monoisotopic (exact) mass is 372 g/mol. The highest BCUT2D eigenvalue weighted by Gasteiger charge is 2.16. The van der Waals surface area contributed by atoms with Crippen LogP contribution in [0.25, 0.3) is 22.2 Å². The zero-order valence-electron chi connectivity index (χ0n) is 15.6. The minimum absolute atomic E-state index is 0.239. The van der Waals surface area contributed by atoms with E-state index in [1.165, 1.54) is 25.6 Å². The average Bonchev–Trinajstić information content (AvgIpc) is 2.99. The van der Waals surface area contributed by atoms with E-state index in [9.17, 15) is 9.18 Å². The first-order chi connectivity index (χ1) is 12.7. The molecule has 0 aliphatic carbocycles. The maximum atomic E-state index is 14.5. The molecule has 0 unspecified atom stereocenters. The highest BCUT2D eigenvalue weighted by molar-refractivity contribution is 5.85. The van der Waals surface area contributed by atoms with Crippen LogP contribution in [0.15, 0.2) is 30.6 Å². The van der Waals surface area contributed by atoms with Gasteiger partial charge in [0, 0.05) is 22.2 Å². The molecule has 27 heavy (non-hydrogen) atoms. The Morgan fingerprint density at radius 1 is 1.22 bits per heavy atom. The number of H-pyrrole nitrogens is 1. The molecule has 2 aromatic heterocycles. The van der Waals surface area contributed by atoms with Gasteiger partial charge < -0.3 is 19.8 Å². The summed E-state index contributed by atoms with van der Waals surface area (Å²) >= 11 is 0. The van der Waals surface area contributed by atoms with E-state index in [1.807, 2.05) is 0 Å². The van der Waals surface area contributed by atoms with Crippen LogP contribution in [0, 0.1) is 5.82 Å². The first-order valence-corrected chi connectivity index (χ1v) is 8.39. The Balaban J connectivity index is 1.80. The summed E-state index contributed by atoms with van der Waals surface area (Å²) in [6.45, 7) is 5.62. The molecule has 142 valence electrons. The summed E-state index contributed by atoms with van der Waals surface area (Å²) in [6.07, 6.45) is 2.38. The second-order valence-corrected chi connectivity index (χ2v) is 7.01. The molecule has 2 heterocycles. The van der Waals surface area contributed by atoms with Crippen molar-refractivity contribution >= 4 is 17.0 Å². The summed E-state index contributed by atoms with van der Waals surface area (Å²) in [5, 5.41) is 3.36. The molecule has 0 spiro atoms. The molecule has 3 rings (SSSR count). The fourth-order valence-electron chi connectivity index (χ4n) is 2.55. The number of fused-ring (bicyclic) bond motifs is 1. The van der Waals surface area contributed by atoms with Crippen LogP contribution in [0.3, 0.4) is 0 Å². The van der Waals surface area contributed by atoms with Crippen molar-refractivity contribution in [1.29, 1.82) is 0 Å². The third kappa shape index (κ3) is 4.52. The zero-order chi connectivity index (χ0) is 19.6. The van der Waals surface area contributed by atoms with Gasteiger partial charge in [-0.1, -0.05) is 0 Å². The third-order valence-electron chi connectivity index (χ3n) is 3.70. The summed E-state index contributed by atoms with van der Waals surface area (Å²) < 4.78 is 24.7. The lowest BCUT2D eigenvalue weighted by molar-refractivity contribution is 0.0523. The molecule has 0 saturated carbocycles. The van der Waals surface area contributed by atoms with Gasteiger partial charge in [-0.25, -0.2) is 19.2 Å². The second kappa shape index (κ2) is 7.22. The Bertz CT molecular complexity index is 961. The summed E-state index contributed by atoms with van der Waals surface area (Å²) in [5.74, 6) is -0.0526. The van der Waals surface area contributed by atoms with Crippen LogP contribution >= 0.6 is 0 Å². The van der Waals surface area contributed by atoms with Gasteiger partial charge in [-0.15, -0.1) is 0 Å². The van der Waals surface area contributed by atoms with E-state index in [2.05, 4.69) is 20.3 Å². The number of nitrogens with one attached hydrogen (secondary N) is 2. The number of carbonyl (C=O) groups is 1. The number of ether oxygens (including phenoxy) is 2. The maximum absolute atomic E-state index is 14.5. The normalized spacial score (nSPS) is 11.4. The number of amides is 1. The van der Waals surface area contributed by atoms with Crippen LogP contribution < -0.4 is 10.1 Å². The fourth-order valence-corrected chi connectivity index (χ4v) is 2.55. The first-order valence-electron chi connectivity index (χ1n) is 8.39. The number of carbonyl (C=O) groups excluding carboxylic acids is 1. The number of aromatic nitrogens is 3. The van der Waals surface area contributed by atoms with Gasteiger partial charge in [-0.3, -0.25) is 0 Å². The number of methoxy groups -OCH3 is 1. The lowest BCUT2D eigenvalue weighted by atomic mass is 10.1. The number of hydrogen-bond acceptors (Lipinski definition) is 5. The SMILES string of the molecule is COc1cnc(-c2cc3[nH]c(CNC(=O)OC(C)(C)C)cc3cc2F)cn1. The first kappa shape index (κ1) is 18.6. The van der Waals surface area contributed by atoms with Gasteiger partial charge in [-0.2, -0.15) is 0 Å². The number of rotatable bonds is 4. The Hall–Kier alpha value is -3.16. The van der Waals surface area contributed by atoms with E-state index in [4.69, 9.17) is 9.47 Å². The van der Waals surface area contributed by atoms with Gasteiger partial charge in [0.25, 0.3) is 0 Å². The van der Waals surface area contributed by atoms with Crippen LogP contribution in [-0.4, -0.2) is 33.8 Å². The Morgan fingerprint density at radius 2 is 2.00 bits per heavy atom. The molecule has 0 aliphatic heterocycles. The van der Waals surface area contributed by atoms with Gasteiger partial charge in [0.15, 0.2) is 0 Å².